The summed E-state index contributed by atoms with van der Waals surface area (Å²) in [5.41, 5.74) is 1.24. The number of amides is 1. The molecule has 1 unspecified atom stereocenters. The number of carbonyl (C=O) groups is 1. The Kier molecular flexibility index (Phi) is 5.40. The predicted octanol–water partition coefficient (Wildman–Crippen LogP) is 4.72. The molecule has 1 aliphatic heterocycles. The van der Waals surface area contributed by atoms with E-state index in [0.717, 1.165) is 11.1 Å². The quantitative estimate of drug-likeness (QED) is 0.721. The van der Waals surface area contributed by atoms with Crippen molar-refractivity contribution in [1.82, 2.24) is 4.90 Å². The number of fused-ring (bicyclic) bond motifs is 1. The van der Waals surface area contributed by atoms with Gasteiger partial charge in [-0.25, -0.2) is 4.79 Å². The molecule has 0 radical (unpaired) electrons. The highest BCUT2D eigenvalue weighted by molar-refractivity contribution is 8.22. The Morgan fingerprint density at radius 2 is 1.92 bits per heavy atom. The van der Waals surface area contributed by atoms with E-state index in [0.29, 0.717) is 15.5 Å². The predicted molar refractivity (Wildman–Crippen MR) is 107 cm³/mol. The van der Waals surface area contributed by atoms with Gasteiger partial charge in [0.1, 0.15) is 6.07 Å². The number of hydrogen-bond acceptors (Lipinski definition) is 5. The summed E-state index contributed by atoms with van der Waals surface area (Å²) in [5.74, 6) is 0.615. The van der Waals surface area contributed by atoms with Crippen molar-refractivity contribution in [3.8, 4) is 6.07 Å². The highest BCUT2D eigenvalue weighted by atomic mass is 32.2. The van der Waals surface area contributed by atoms with Gasteiger partial charge in [-0.1, -0.05) is 66.8 Å². The molecule has 0 bridgehead atoms. The molecule has 3 rings (SSSR count). The van der Waals surface area contributed by atoms with E-state index in [2.05, 4.69) is 6.07 Å². The lowest BCUT2D eigenvalue weighted by Gasteiger charge is -2.39. The minimum absolute atomic E-state index is 0.408. The standard InChI is InChI=1S/C20H16N2O2S2/c1-24-19(23)22-12-11-16-9-5-6-10-17(16)20(22,14-21)18(25)26-13-15-7-3-2-4-8-15/h2-12H,13H2,1H3. The van der Waals surface area contributed by atoms with Gasteiger partial charge in [0.25, 0.3) is 0 Å². The first-order chi connectivity index (χ1) is 12.6. The molecule has 0 saturated heterocycles. The van der Waals surface area contributed by atoms with Gasteiger partial charge in [-0.3, -0.25) is 4.90 Å². The van der Waals surface area contributed by atoms with E-state index in [1.165, 1.54) is 23.8 Å². The van der Waals surface area contributed by atoms with Crippen LogP contribution in [0.25, 0.3) is 6.08 Å². The van der Waals surface area contributed by atoms with Crippen LogP contribution >= 0.6 is 24.0 Å². The van der Waals surface area contributed by atoms with Gasteiger partial charge in [-0.05, 0) is 17.2 Å². The van der Waals surface area contributed by atoms with Gasteiger partial charge in [0.2, 0.25) is 5.54 Å². The number of rotatable bonds is 3. The van der Waals surface area contributed by atoms with Crippen LogP contribution in [0.2, 0.25) is 0 Å². The van der Waals surface area contributed by atoms with E-state index in [1.807, 2.05) is 54.6 Å². The van der Waals surface area contributed by atoms with Crippen LogP contribution in [0.4, 0.5) is 4.79 Å². The number of thioether (sulfide) groups is 1. The van der Waals surface area contributed by atoms with Crippen LogP contribution in [0.15, 0.2) is 60.8 Å². The molecule has 0 aromatic heterocycles. The van der Waals surface area contributed by atoms with Crippen LogP contribution in [-0.2, 0) is 16.0 Å². The molecule has 0 aliphatic carbocycles. The van der Waals surface area contributed by atoms with E-state index in [4.69, 9.17) is 17.0 Å². The molecular formula is C20H16N2O2S2. The Hall–Kier alpha value is -2.62. The van der Waals surface area contributed by atoms with Crippen LogP contribution in [0.3, 0.4) is 0 Å². The van der Waals surface area contributed by atoms with Crippen molar-refractivity contribution in [2.24, 2.45) is 0 Å². The van der Waals surface area contributed by atoms with E-state index >= 15 is 0 Å². The van der Waals surface area contributed by atoms with Gasteiger partial charge >= 0.3 is 6.09 Å². The largest absolute Gasteiger partial charge is 0.452 e. The average Bonchev–Trinajstić information content (AvgIpc) is 2.71. The topological polar surface area (TPSA) is 53.3 Å². The molecule has 2 aromatic rings. The third-order valence-electron chi connectivity index (χ3n) is 4.16. The molecule has 0 fully saturated rings. The van der Waals surface area contributed by atoms with Crippen LogP contribution in [0.5, 0.6) is 0 Å². The number of carbonyl (C=O) groups excluding carboxylic acids is 1. The third kappa shape index (κ3) is 3.12. The lowest BCUT2D eigenvalue weighted by molar-refractivity contribution is 0.125. The molecule has 0 spiro atoms. The maximum Gasteiger partial charge on any atom is 0.415 e. The Labute approximate surface area is 162 Å². The first kappa shape index (κ1) is 18.2. The van der Waals surface area contributed by atoms with E-state index < -0.39 is 11.6 Å². The lowest BCUT2D eigenvalue weighted by Crippen LogP contribution is -2.51. The Bertz CT molecular complexity index is 906. The fraction of sp³-hybridized carbons (Fsp3) is 0.150. The van der Waals surface area contributed by atoms with E-state index in [1.54, 1.807) is 12.3 Å². The highest BCUT2D eigenvalue weighted by Crippen LogP contribution is 2.41. The molecule has 1 atom stereocenters. The molecule has 1 heterocycles. The van der Waals surface area contributed by atoms with Crippen molar-refractivity contribution in [1.29, 1.82) is 5.26 Å². The first-order valence-electron chi connectivity index (χ1n) is 7.91. The van der Waals surface area contributed by atoms with Gasteiger partial charge in [0, 0.05) is 17.5 Å². The highest BCUT2D eigenvalue weighted by Gasteiger charge is 2.48. The normalized spacial score (nSPS) is 17.9. The number of ether oxygens (including phenoxy) is 1. The monoisotopic (exact) mass is 380 g/mol. The molecule has 1 aliphatic rings. The third-order valence-corrected chi connectivity index (χ3v) is 5.84. The Balaban J connectivity index is 2.01. The second-order valence-corrected chi connectivity index (χ2v) is 7.28. The molecule has 1 amide bonds. The van der Waals surface area contributed by atoms with E-state index in [-0.39, 0.29) is 0 Å². The van der Waals surface area contributed by atoms with Crippen LogP contribution in [0.1, 0.15) is 16.7 Å². The van der Waals surface area contributed by atoms with Gasteiger partial charge in [-0.2, -0.15) is 5.26 Å². The van der Waals surface area contributed by atoms with Crippen molar-refractivity contribution in [3.63, 3.8) is 0 Å². The van der Waals surface area contributed by atoms with Crippen molar-refractivity contribution in [3.05, 3.63) is 77.5 Å². The van der Waals surface area contributed by atoms with Crippen molar-refractivity contribution in [2.75, 3.05) is 7.11 Å². The summed E-state index contributed by atoms with van der Waals surface area (Å²) in [6.07, 6.45) is 2.72. The summed E-state index contributed by atoms with van der Waals surface area (Å²) in [6, 6.07) is 19.6. The molecule has 6 heteroatoms. The summed E-state index contributed by atoms with van der Waals surface area (Å²) < 4.78 is 5.30. The zero-order chi connectivity index (χ0) is 18.6. The van der Waals surface area contributed by atoms with Gasteiger partial charge in [-0.15, -0.1) is 11.8 Å². The smallest absolute Gasteiger partial charge is 0.415 e. The maximum absolute atomic E-state index is 12.4. The zero-order valence-corrected chi connectivity index (χ0v) is 15.7. The first-order valence-corrected chi connectivity index (χ1v) is 9.30. The molecule has 4 nitrogen and oxygen atoms in total. The van der Waals surface area contributed by atoms with Crippen LogP contribution < -0.4 is 0 Å². The SMILES string of the molecule is COC(=O)N1C=Cc2ccccc2C1(C#N)C(=S)SCc1ccccc1. The molecule has 26 heavy (non-hydrogen) atoms. The minimum atomic E-state index is -1.40. The van der Waals surface area contributed by atoms with Crippen molar-refractivity contribution in [2.45, 2.75) is 11.3 Å². The van der Waals surface area contributed by atoms with Crippen LogP contribution in [0, 0.1) is 11.3 Å². The van der Waals surface area contributed by atoms with Crippen molar-refractivity contribution >= 4 is 40.3 Å². The van der Waals surface area contributed by atoms with Gasteiger partial charge < -0.3 is 4.74 Å². The minimum Gasteiger partial charge on any atom is -0.452 e. The summed E-state index contributed by atoms with van der Waals surface area (Å²) in [6.45, 7) is 0. The van der Waals surface area contributed by atoms with Crippen LogP contribution in [-0.4, -0.2) is 22.3 Å². The average molecular weight is 380 g/mol. The number of benzene rings is 2. The fourth-order valence-electron chi connectivity index (χ4n) is 2.86. The van der Waals surface area contributed by atoms with Crippen molar-refractivity contribution < 1.29 is 9.53 Å². The van der Waals surface area contributed by atoms with E-state index in [9.17, 15) is 10.1 Å². The number of hydrogen-bond donors (Lipinski definition) is 0. The molecule has 0 N–H and O–H groups in total. The molecule has 2 aromatic carbocycles. The number of nitriles is 1. The molecule has 0 saturated carbocycles. The van der Waals surface area contributed by atoms with Gasteiger partial charge in [0.05, 0.1) is 11.3 Å². The zero-order valence-electron chi connectivity index (χ0n) is 14.1. The summed E-state index contributed by atoms with van der Waals surface area (Å²) in [7, 11) is 1.29. The maximum atomic E-state index is 12.4. The summed E-state index contributed by atoms with van der Waals surface area (Å²) >= 11 is 7.04. The summed E-state index contributed by atoms with van der Waals surface area (Å²) in [4.78, 5) is 13.6. The lowest BCUT2D eigenvalue weighted by atomic mass is 9.85. The fourth-order valence-corrected chi connectivity index (χ4v) is 4.24. The Morgan fingerprint density at radius 1 is 1.23 bits per heavy atom. The van der Waals surface area contributed by atoms with Gasteiger partial charge in [0.15, 0.2) is 0 Å². The number of methoxy groups -OCH3 is 1. The second kappa shape index (κ2) is 7.73. The number of nitrogens with zero attached hydrogens (tertiary/aromatic N) is 2. The molecule has 130 valence electrons. The summed E-state index contributed by atoms with van der Waals surface area (Å²) in [5, 5.41) is 10.1. The number of thiocarbonyl (C=S) groups is 1. The Morgan fingerprint density at radius 3 is 2.62 bits per heavy atom. The second-order valence-electron chi connectivity index (χ2n) is 5.63. The molecular weight excluding hydrogens is 364 g/mol.